The van der Waals surface area contributed by atoms with Crippen LogP contribution in [0, 0.1) is 5.92 Å². The van der Waals surface area contributed by atoms with Crippen molar-refractivity contribution in [1.82, 2.24) is 15.0 Å². The van der Waals surface area contributed by atoms with Crippen LogP contribution in [-0.4, -0.2) is 58.5 Å². The van der Waals surface area contributed by atoms with Crippen LogP contribution < -0.4 is 16.0 Å². The highest BCUT2D eigenvalue weighted by molar-refractivity contribution is 5.96. The van der Waals surface area contributed by atoms with Gasteiger partial charge in [0.15, 0.2) is 0 Å². The minimum atomic E-state index is -0.350. The predicted molar refractivity (Wildman–Crippen MR) is 110 cm³/mol. The molecule has 2 atom stereocenters. The molecule has 2 aliphatic rings. The van der Waals surface area contributed by atoms with Crippen molar-refractivity contribution in [3.05, 3.63) is 12.4 Å². The van der Waals surface area contributed by atoms with E-state index in [2.05, 4.69) is 27.1 Å². The fraction of sp³-hybridized carbons (Fsp3) is 0.650. The van der Waals surface area contributed by atoms with Crippen molar-refractivity contribution in [2.24, 2.45) is 5.92 Å². The van der Waals surface area contributed by atoms with Gasteiger partial charge in [0, 0.05) is 32.4 Å². The molecule has 4 N–H and O–H groups in total. The molecular formula is C20H30N6O2. The molecule has 2 fully saturated rings. The first-order valence-corrected chi connectivity index (χ1v) is 10.2. The van der Waals surface area contributed by atoms with Crippen molar-refractivity contribution in [3.63, 3.8) is 0 Å². The highest BCUT2D eigenvalue weighted by Crippen LogP contribution is 2.31. The van der Waals surface area contributed by atoms with E-state index in [9.17, 15) is 5.11 Å². The van der Waals surface area contributed by atoms with Crippen LogP contribution in [0.15, 0.2) is 12.4 Å². The van der Waals surface area contributed by atoms with Gasteiger partial charge in [-0.3, -0.25) is 0 Å². The summed E-state index contributed by atoms with van der Waals surface area (Å²) in [5, 5.41) is 14.5. The van der Waals surface area contributed by atoms with Crippen molar-refractivity contribution in [2.75, 3.05) is 36.1 Å². The average molecular weight is 387 g/mol. The summed E-state index contributed by atoms with van der Waals surface area (Å²) in [5.41, 5.74) is 7.77. The lowest BCUT2D eigenvalue weighted by Crippen LogP contribution is -2.43. The number of aliphatic hydroxyl groups is 1. The zero-order valence-electron chi connectivity index (χ0n) is 16.6. The first-order valence-electron chi connectivity index (χ1n) is 10.2. The van der Waals surface area contributed by atoms with Crippen LogP contribution >= 0.6 is 0 Å². The van der Waals surface area contributed by atoms with Gasteiger partial charge >= 0.3 is 0 Å². The lowest BCUT2D eigenvalue weighted by molar-refractivity contribution is 0.0681. The fourth-order valence-electron chi connectivity index (χ4n) is 4.22. The molecule has 0 aromatic carbocycles. The molecule has 8 heteroatoms. The summed E-state index contributed by atoms with van der Waals surface area (Å²) in [5.74, 6) is 1.35. The summed E-state index contributed by atoms with van der Waals surface area (Å²) < 4.78 is 5.45. The molecule has 4 rings (SSSR count). The topological polar surface area (TPSA) is 109 Å². The van der Waals surface area contributed by atoms with Gasteiger partial charge in [0.1, 0.15) is 11.3 Å². The molecule has 1 saturated heterocycles. The second-order valence-electron chi connectivity index (χ2n) is 8.12. The van der Waals surface area contributed by atoms with Crippen molar-refractivity contribution >= 4 is 28.4 Å². The van der Waals surface area contributed by atoms with Crippen LogP contribution in [0.5, 0.6) is 0 Å². The van der Waals surface area contributed by atoms with Crippen molar-refractivity contribution in [2.45, 2.75) is 57.3 Å². The number of hydrogen-bond acceptors (Lipinski definition) is 8. The van der Waals surface area contributed by atoms with Crippen molar-refractivity contribution < 1.29 is 9.84 Å². The molecule has 1 saturated carbocycles. The van der Waals surface area contributed by atoms with Crippen LogP contribution in [0.1, 0.15) is 39.0 Å². The maximum Gasteiger partial charge on any atom is 0.223 e. The summed E-state index contributed by atoms with van der Waals surface area (Å²) in [6, 6.07) is 0.351. The van der Waals surface area contributed by atoms with Gasteiger partial charge in [-0.1, -0.05) is 6.92 Å². The second kappa shape index (κ2) is 8.05. The third-order valence-corrected chi connectivity index (χ3v) is 6.23. The molecule has 28 heavy (non-hydrogen) atoms. The summed E-state index contributed by atoms with van der Waals surface area (Å²) in [4.78, 5) is 15.7. The van der Waals surface area contributed by atoms with E-state index in [-0.39, 0.29) is 6.10 Å². The van der Waals surface area contributed by atoms with E-state index in [1.807, 2.05) is 0 Å². The number of anilines is 3. The SMILES string of the molecule is COC1CCC(Nc2ncc3c(N)ncc(N4CC[C@@H](C)[C@H](O)C4)c3n2)CC1. The Balaban J connectivity index is 1.59. The number of pyridine rings is 1. The number of ether oxygens (including phenoxy) is 1. The highest BCUT2D eigenvalue weighted by Gasteiger charge is 2.27. The molecule has 2 aromatic rings. The van der Waals surface area contributed by atoms with Gasteiger partial charge in [-0.25, -0.2) is 15.0 Å². The van der Waals surface area contributed by atoms with Crippen LogP contribution in [0.25, 0.3) is 10.9 Å². The van der Waals surface area contributed by atoms with Gasteiger partial charge in [-0.2, -0.15) is 0 Å². The van der Waals surface area contributed by atoms with E-state index < -0.39 is 0 Å². The Morgan fingerprint density at radius 2 is 1.96 bits per heavy atom. The van der Waals surface area contributed by atoms with E-state index in [4.69, 9.17) is 15.5 Å². The van der Waals surface area contributed by atoms with Gasteiger partial charge in [0.2, 0.25) is 5.95 Å². The number of nitrogens with two attached hydrogens (primary N) is 1. The fourth-order valence-corrected chi connectivity index (χ4v) is 4.22. The Hall–Kier alpha value is -2.19. The van der Waals surface area contributed by atoms with Gasteiger partial charge in [-0.15, -0.1) is 0 Å². The smallest absolute Gasteiger partial charge is 0.223 e. The molecule has 1 aliphatic heterocycles. The number of piperidine rings is 1. The number of methoxy groups -OCH3 is 1. The Labute approximate surface area is 165 Å². The van der Waals surface area contributed by atoms with E-state index in [1.165, 1.54) is 0 Å². The highest BCUT2D eigenvalue weighted by atomic mass is 16.5. The molecule has 2 aromatic heterocycles. The largest absolute Gasteiger partial charge is 0.391 e. The van der Waals surface area contributed by atoms with E-state index >= 15 is 0 Å². The van der Waals surface area contributed by atoms with Gasteiger partial charge in [-0.05, 0) is 38.0 Å². The molecular weight excluding hydrogens is 356 g/mol. The lowest BCUT2D eigenvalue weighted by Gasteiger charge is -2.36. The number of aromatic nitrogens is 3. The molecule has 0 unspecified atom stereocenters. The maximum absolute atomic E-state index is 10.3. The van der Waals surface area contributed by atoms with Crippen molar-refractivity contribution in [3.8, 4) is 0 Å². The summed E-state index contributed by atoms with van der Waals surface area (Å²) in [6.45, 7) is 3.53. The maximum atomic E-state index is 10.3. The molecule has 0 bridgehead atoms. The number of aliphatic hydroxyl groups excluding tert-OH is 1. The molecule has 152 valence electrons. The number of nitrogen functional groups attached to an aromatic ring is 1. The number of nitrogens with zero attached hydrogens (tertiary/aromatic N) is 4. The van der Waals surface area contributed by atoms with Crippen LogP contribution in [0.3, 0.4) is 0 Å². The Bertz CT molecular complexity index is 824. The minimum Gasteiger partial charge on any atom is -0.391 e. The molecule has 3 heterocycles. The van der Waals surface area contributed by atoms with Crippen LogP contribution in [0.4, 0.5) is 17.5 Å². The lowest BCUT2D eigenvalue weighted by atomic mass is 9.93. The first-order chi connectivity index (χ1) is 13.5. The van der Waals surface area contributed by atoms with E-state index in [0.717, 1.165) is 55.2 Å². The zero-order valence-corrected chi connectivity index (χ0v) is 16.6. The second-order valence-corrected chi connectivity index (χ2v) is 8.12. The average Bonchev–Trinajstić information content (AvgIpc) is 2.71. The molecule has 8 nitrogen and oxygen atoms in total. The van der Waals surface area contributed by atoms with Gasteiger partial charge in [0.05, 0.1) is 29.5 Å². The van der Waals surface area contributed by atoms with Crippen LogP contribution in [0.2, 0.25) is 0 Å². The normalized spacial score (nSPS) is 28.5. The van der Waals surface area contributed by atoms with Gasteiger partial charge < -0.3 is 25.8 Å². The number of hydrogen-bond donors (Lipinski definition) is 3. The predicted octanol–water partition coefficient (Wildman–Crippen LogP) is 2.18. The molecule has 0 spiro atoms. The van der Waals surface area contributed by atoms with Crippen LogP contribution in [-0.2, 0) is 4.74 Å². The monoisotopic (exact) mass is 386 g/mol. The molecule has 0 radical (unpaired) electrons. The van der Waals surface area contributed by atoms with Gasteiger partial charge in [0.25, 0.3) is 0 Å². The third-order valence-electron chi connectivity index (χ3n) is 6.23. The Morgan fingerprint density at radius 1 is 1.18 bits per heavy atom. The quantitative estimate of drug-likeness (QED) is 0.734. The zero-order chi connectivity index (χ0) is 19.7. The Morgan fingerprint density at radius 3 is 2.68 bits per heavy atom. The Kier molecular flexibility index (Phi) is 5.50. The summed E-state index contributed by atoms with van der Waals surface area (Å²) >= 11 is 0. The number of rotatable bonds is 4. The molecule has 1 aliphatic carbocycles. The summed E-state index contributed by atoms with van der Waals surface area (Å²) in [7, 11) is 1.78. The van der Waals surface area contributed by atoms with E-state index in [0.29, 0.717) is 36.4 Å². The van der Waals surface area contributed by atoms with E-state index in [1.54, 1.807) is 19.5 Å². The van der Waals surface area contributed by atoms with Crippen molar-refractivity contribution in [1.29, 1.82) is 0 Å². The minimum absolute atomic E-state index is 0.304. The first kappa shape index (κ1) is 19.1. The number of nitrogens with one attached hydrogen (secondary N) is 1. The standard InChI is InChI=1S/C20H30N6O2/c1-12-7-8-26(11-17(12)27)16-10-22-19(21)15-9-23-20(25-18(15)16)24-13-3-5-14(28-2)6-4-13/h9-10,12-14,17,27H,3-8,11H2,1-2H3,(H2,21,22)(H,23,24,25)/t12-,13?,14?,17-/m1/s1. The number of β-amino-alcohol motifs (C(OH)–C–C–N with tert-alkyl or cyclic N) is 1. The third kappa shape index (κ3) is 3.84. The summed E-state index contributed by atoms with van der Waals surface area (Å²) in [6.07, 6.45) is 8.65. The molecule has 0 amide bonds. The number of fused-ring (bicyclic) bond motifs is 1.